The highest BCUT2D eigenvalue weighted by Crippen LogP contribution is 2.20. The number of hydrogen-bond donors (Lipinski definition) is 1. The van der Waals surface area contributed by atoms with E-state index in [1.807, 2.05) is 13.8 Å². The van der Waals surface area contributed by atoms with Gasteiger partial charge in [0.1, 0.15) is 12.1 Å². The Hall–Kier alpha value is -1.83. The predicted octanol–water partition coefficient (Wildman–Crippen LogP) is 0.532. The Morgan fingerprint density at radius 3 is 2.86 bits per heavy atom. The van der Waals surface area contributed by atoms with Gasteiger partial charge in [-0.3, -0.25) is 19.0 Å². The van der Waals surface area contributed by atoms with E-state index < -0.39 is 24.0 Å². The van der Waals surface area contributed by atoms with E-state index in [0.29, 0.717) is 11.7 Å². The number of hydrogen-bond acceptors (Lipinski definition) is 5. The van der Waals surface area contributed by atoms with E-state index in [1.165, 1.54) is 27.4 Å². The number of carboxylic acids is 1. The lowest BCUT2D eigenvalue weighted by molar-refractivity contribution is -0.137. The zero-order chi connectivity index (χ0) is 15.6. The number of amides is 1. The van der Waals surface area contributed by atoms with Crippen molar-refractivity contribution in [1.29, 1.82) is 0 Å². The van der Waals surface area contributed by atoms with Crippen LogP contribution in [0.5, 0.6) is 0 Å². The van der Waals surface area contributed by atoms with Crippen molar-refractivity contribution in [3.8, 4) is 0 Å². The molecule has 21 heavy (non-hydrogen) atoms. The summed E-state index contributed by atoms with van der Waals surface area (Å²) >= 11 is 1.46. The molecule has 7 nitrogen and oxygen atoms in total. The van der Waals surface area contributed by atoms with Gasteiger partial charge in [-0.15, -0.1) is 0 Å². The molecule has 1 aromatic rings. The first kappa shape index (κ1) is 15.6. The van der Waals surface area contributed by atoms with Crippen LogP contribution in [-0.2, 0) is 11.3 Å². The summed E-state index contributed by atoms with van der Waals surface area (Å²) in [5.74, 6) is -0.816. The standard InChI is InChI=1S/C13H17N3O4S/c1-8(2)6-15(7-10(17)18)11(19)9-5-14-13-16(12(9)20)3-4-21-13/h5,8H,3-4,6-7H2,1-2H3,(H,17,18). The van der Waals surface area contributed by atoms with Crippen LogP contribution < -0.4 is 5.56 Å². The Balaban J connectivity index is 2.32. The van der Waals surface area contributed by atoms with Crippen LogP contribution in [0, 0.1) is 5.92 Å². The van der Waals surface area contributed by atoms with Crippen molar-refractivity contribution in [2.45, 2.75) is 25.5 Å². The molecule has 0 saturated heterocycles. The third kappa shape index (κ3) is 3.44. The Morgan fingerprint density at radius 1 is 1.52 bits per heavy atom. The quantitative estimate of drug-likeness (QED) is 0.798. The van der Waals surface area contributed by atoms with Crippen LogP contribution >= 0.6 is 11.8 Å². The highest BCUT2D eigenvalue weighted by atomic mass is 32.2. The van der Waals surface area contributed by atoms with E-state index in [9.17, 15) is 14.4 Å². The number of aromatic nitrogens is 2. The number of carboxylic acid groups (broad SMARTS) is 1. The topological polar surface area (TPSA) is 92.5 Å². The van der Waals surface area contributed by atoms with Gasteiger partial charge in [0, 0.05) is 25.0 Å². The summed E-state index contributed by atoms with van der Waals surface area (Å²) in [6, 6.07) is 0. The maximum Gasteiger partial charge on any atom is 0.323 e. The minimum atomic E-state index is -1.10. The predicted molar refractivity (Wildman–Crippen MR) is 77.6 cm³/mol. The maximum absolute atomic E-state index is 12.4. The first-order valence-corrected chi connectivity index (χ1v) is 7.62. The van der Waals surface area contributed by atoms with Crippen molar-refractivity contribution in [1.82, 2.24) is 14.5 Å². The number of thioether (sulfide) groups is 1. The monoisotopic (exact) mass is 311 g/mol. The molecule has 0 radical (unpaired) electrons. The molecule has 1 aliphatic rings. The Kier molecular flexibility index (Phi) is 4.66. The molecule has 8 heteroatoms. The molecule has 1 N–H and O–H groups in total. The summed E-state index contributed by atoms with van der Waals surface area (Å²) in [6.07, 6.45) is 1.25. The van der Waals surface area contributed by atoms with E-state index in [0.717, 1.165) is 5.75 Å². The van der Waals surface area contributed by atoms with Gasteiger partial charge in [-0.2, -0.15) is 0 Å². The molecule has 1 amide bonds. The fourth-order valence-electron chi connectivity index (χ4n) is 2.16. The second-order valence-corrected chi connectivity index (χ2v) is 6.30. The van der Waals surface area contributed by atoms with Crippen LogP contribution in [0.15, 0.2) is 16.1 Å². The second-order valence-electron chi connectivity index (χ2n) is 5.23. The zero-order valence-electron chi connectivity index (χ0n) is 11.9. The molecule has 0 atom stereocenters. The third-order valence-corrected chi connectivity index (χ3v) is 3.96. The van der Waals surface area contributed by atoms with E-state index in [2.05, 4.69) is 4.98 Å². The molecule has 0 saturated carbocycles. The molecule has 1 aliphatic heterocycles. The maximum atomic E-state index is 12.4. The van der Waals surface area contributed by atoms with E-state index in [4.69, 9.17) is 5.11 Å². The number of aliphatic carboxylic acids is 1. The third-order valence-electron chi connectivity index (χ3n) is 2.99. The Labute approximate surface area is 126 Å². The molecular formula is C13H17N3O4S. The highest BCUT2D eigenvalue weighted by Gasteiger charge is 2.25. The number of fused-ring (bicyclic) bond motifs is 1. The molecule has 1 aromatic heterocycles. The van der Waals surface area contributed by atoms with Crippen LogP contribution in [0.25, 0.3) is 0 Å². The van der Waals surface area contributed by atoms with Gasteiger partial charge in [-0.1, -0.05) is 25.6 Å². The minimum absolute atomic E-state index is 0.0665. The van der Waals surface area contributed by atoms with Gasteiger partial charge >= 0.3 is 5.97 Å². The molecule has 0 fully saturated rings. The van der Waals surface area contributed by atoms with Crippen molar-refractivity contribution in [3.05, 3.63) is 22.1 Å². The summed E-state index contributed by atoms with van der Waals surface area (Å²) in [5, 5.41) is 9.52. The van der Waals surface area contributed by atoms with Gasteiger partial charge in [0.15, 0.2) is 5.16 Å². The number of rotatable bonds is 5. The van der Waals surface area contributed by atoms with Crippen molar-refractivity contribution >= 4 is 23.6 Å². The van der Waals surface area contributed by atoms with Crippen molar-refractivity contribution in [2.75, 3.05) is 18.8 Å². The first-order valence-electron chi connectivity index (χ1n) is 6.64. The van der Waals surface area contributed by atoms with E-state index >= 15 is 0 Å². The lowest BCUT2D eigenvalue weighted by atomic mass is 10.2. The molecule has 114 valence electrons. The van der Waals surface area contributed by atoms with Crippen LogP contribution in [0.4, 0.5) is 0 Å². The van der Waals surface area contributed by atoms with Gasteiger partial charge in [-0.05, 0) is 5.92 Å². The molecule has 2 rings (SSSR count). The molecule has 2 heterocycles. The number of carbonyl (C=O) groups is 2. The minimum Gasteiger partial charge on any atom is -0.480 e. The van der Waals surface area contributed by atoms with E-state index in [1.54, 1.807) is 0 Å². The molecular weight excluding hydrogens is 294 g/mol. The van der Waals surface area contributed by atoms with E-state index in [-0.39, 0.29) is 18.0 Å². The van der Waals surface area contributed by atoms with Gasteiger partial charge in [0.2, 0.25) is 0 Å². The van der Waals surface area contributed by atoms with Crippen molar-refractivity contribution in [3.63, 3.8) is 0 Å². The SMILES string of the molecule is CC(C)CN(CC(=O)O)C(=O)c1cnc2n(c1=O)CCS2. The molecule has 0 aliphatic carbocycles. The van der Waals surface area contributed by atoms with Gasteiger partial charge in [0.05, 0.1) is 0 Å². The van der Waals surface area contributed by atoms with Crippen LogP contribution in [0.1, 0.15) is 24.2 Å². The smallest absolute Gasteiger partial charge is 0.323 e. The average molecular weight is 311 g/mol. The van der Waals surface area contributed by atoms with Crippen molar-refractivity contribution < 1.29 is 14.7 Å². The lowest BCUT2D eigenvalue weighted by Crippen LogP contribution is -2.41. The second kappa shape index (κ2) is 6.30. The molecule has 0 unspecified atom stereocenters. The fraction of sp³-hybridized carbons (Fsp3) is 0.538. The van der Waals surface area contributed by atoms with Gasteiger partial charge < -0.3 is 10.0 Å². The van der Waals surface area contributed by atoms with Crippen LogP contribution in [0.2, 0.25) is 0 Å². The number of nitrogens with zero attached hydrogens (tertiary/aromatic N) is 3. The molecule has 0 spiro atoms. The van der Waals surface area contributed by atoms with Gasteiger partial charge in [0.25, 0.3) is 11.5 Å². The van der Waals surface area contributed by atoms with Crippen molar-refractivity contribution in [2.24, 2.45) is 5.92 Å². The summed E-state index contributed by atoms with van der Waals surface area (Å²) in [5.41, 5.74) is -0.461. The van der Waals surface area contributed by atoms with Crippen LogP contribution in [-0.4, -0.2) is 50.3 Å². The average Bonchev–Trinajstić information content (AvgIpc) is 2.86. The summed E-state index contributed by atoms with van der Waals surface area (Å²) in [6.45, 7) is 4.14. The summed E-state index contributed by atoms with van der Waals surface area (Å²) < 4.78 is 1.46. The highest BCUT2D eigenvalue weighted by molar-refractivity contribution is 7.99. The summed E-state index contributed by atoms with van der Waals surface area (Å²) in [4.78, 5) is 40.9. The normalized spacial score (nSPS) is 13.3. The molecule has 0 aromatic carbocycles. The summed E-state index contributed by atoms with van der Waals surface area (Å²) in [7, 11) is 0. The zero-order valence-corrected chi connectivity index (χ0v) is 12.7. The molecule has 0 bridgehead atoms. The first-order chi connectivity index (χ1) is 9.90. The van der Waals surface area contributed by atoms with Gasteiger partial charge in [-0.25, -0.2) is 4.98 Å². The lowest BCUT2D eigenvalue weighted by Gasteiger charge is -2.22. The fourth-order valence-corrected chi connectivity index (χ4v) is 3.07. The Bertz CT molecular complexity index is 626. The Morgan fingerprint density at radius 2 is 2.24 bits per heavy atom. The largest absolute Gasteiger partial charge is 0.480 e. The number of carbonyl (C=O) groups excluding carboxylic acids is 1. The van der Waals surface area contributed by atoms with Crippen LogP contribution in [0.3, 0.4) is 0 Å².